The lowest BCUT2D eigenvalue weighted by molar-refractivity contribution is 0.582. The lowest BCUT2D eigenvalue weighted by atomic mass is 10.1. The third-order valence-electron chi connectivity index (χ3n) is 2.51. The first-order valence-electron chi connectivity index (χ1n) is 6.13. The van der Waals surface area contributed by atoms with Crippen molar-refractivity contribution in [2.75, 3.05) is 25.1 Å². The van der Waals surface area contributed by atoms with Gasteiger partial charge in [0.05, 0.1) is 17.2 Å². The molecule has 0 heterocycles. The number of aryl methyl sites for hydroxylation is 1. The van der Waals surface area contributed by atoms with Crippen molar-refractivity contribution in [3.05, 3.63) is 29.3 Å². The summed E-state index contributed by atoms with van der Waals surface area (Å²) in [4.78, 5) is 0.0163. The minimum absolute atomic E-state index is 0.0163. The zero-order valence-electron chi connectivity index (χ0n) is 11.9. The highest BCUT2D eigenvalue weighted by Gasteiger charge is 2.18. The van der Waals surface area contributed by atoms with Gasteiger partial charge in [-0.05, 0) is 24.6 Å². The van der Waals surface area contributed by atoms with Crippen LogP contribution in [0.25, 0.3) is 0 Å². The molecule has 1 aromatic carbocycles. The zero-order valence-corrected chi connectivity index (χ0v) is 13.5. The summed E-state index contributed by atoms with van der Waals surface area (Å²) in [7, 11) is -7.05. The van der Waals surface area contributed by atoms with Crippen molar-refractivity contribution in [3.8, 4) is 11.8 Å². The Morgan fingerprint density at radius 3 is 2.48 bits per heavy atom. The lowest BCUT2D eigenvalue weighted by Gasteiger charge is -2.09. The van der Waals surface area contributed by atoms with Crippen LogP contribution < -0.4 is 10.5 Å². The zero-order chi connectivity index (χ0) is 16.1. The Hall–Kier alpha value is -1.40. The quantitative estimate of drug-likeness (QED) is 0.716. The number of hydrogen-bond donors (Lipinski definition) is 2. The van der Waals surface area contributed by atoms with Crippen molar-refractivity contribution in [1.82, 2.24) is 4.72 Å². The van der Waals surface area contributed by atoms with Gasteiger partial charge in [0.2, 0.25) is 10.0 Å². The number of sulfonamides is 1. The van der Waals surface area contributed by atoms with Crippen LogP contribution in [-0.4, -0.2) is 41.9 Å². The molecule has 0 saturated heterocycles. The molecule has 1 rings (SSSR count). The second-order valence-electron chi connectivity index (χ2n) is 4.53. The number of hydrogen-bond acceptors (Lipinski definition) is 5. The van der Waals surface area contributed by atoms with Gasteiger partial charge in [0.25, 0.3) is 0 Å². The Morgan fingerprint density at radius 2 is 1.90 bits per heavy atom. The van der Waals surface area contributed by atoms with Gasteiger partial charge in [-0.3, -0.25) is 0 Å². The smallest absolute Gasteiger partial charge is 0.241 e. The van der Waals surface area contributed by atoms with Crippen molar-refractivity contribution >= 4 is 19.9 Å². The summed E-state index contributed by atoms with van der Waals surface area (Å²) in [5.41, 5.74) is 6.50. The number of sulfone groups is 1. The van der Waals surface area contributed by atoms with Crippen LogP contribution >= 0.6 is 0 Å². The van der Waals surface area contributed by atoms with Gasteiger partial charge in [0, 0.05) is 18.4 Å². The van der Waals surface area contributed by atoms with E-state index in [2.05, 4.69) is 16.6 Å². The topological polar surface area (TPSA) is 106 Å². The summed E-state index contributed by atoms with van der Waals surface area (Å²) >= 11 is 0. The molecule has 1 aromatic rings. The molecule has 0 aliphatic heterocycles. The minimum Gasteiger partial charge on any atom is -0.320 e. The van der Waals surface area contributed by atoms with Crippen LogP contribution in [0.5, 0.6) is 0 Å². The largest absolute Gasteiger partial charge is 0.320 e. The summed E-state index contributed by atoms with van der Waals surface area (Å²) in [6.45, 7) is 1.76. The maximum atomic E-state index is 12.2. The van der Waals surface area contributed by atoms with Crippen LogP contribution in [0.4, 0.5) is 0 Å². The molecule has 0 atom stereocenters. The number of nitrogens with one attached hydrogen (secondary N) is 1. The van der Waals surface area contributed by atoms with E-state index >= 15 is 0 Å². The third-order valence-corrected chi connectivity index (χ3v) is 4.98. The molecule has 3 N–H and O–H groups in total. The lowest BCUT2D eigenvalue weighted by Crippen LogP contribution is -2.29. The number of benzene rings is 1. The van der Waals surface area contributed by atoms with E-state index < -0.39 is 19.9 Å². The SMILES string of the molecule is Cc1ccc(S(=O)(=O)NCCS(C)(=O)=O)c(C#CCN)c1. The summed E-state index contributed by atoms with van der Waals surface area (Å²) in [5, 5.41) is 0. The third kappa shape index (κ3) is 5.85. The molecule has 0 amide bonds. The fourth-order valence-corrected chi connectivity index (χ4v) is 3.34. The van der Waals surface area contributed by atoms with E-state index in [0.29, 0.717) is 5.56 Å². The van der Waals surface area contributed by atoms with E-state index in [9.17, 15) is 16.8 Å². The van der Waals surface area contributed by atoms with Crippen LogP contribution in [0.2, 0.25) is 0 Å². The van der Waals surface area contributed by atoms with Crippen LogP contribution in [-0.2, 0) is 19.9 Å². The molecular formula is C13H18N2O4S2. The minimum atomic E-state index is -3.82. The Morgan fingerprint density at radius 1 is 1.24 bits per heavy atom. The van der Waals surface area contributed by atoms with Crippen molar-refractivity contribution in [2.24, 2.45) is 5.73 Å². The van der Waals surface area contributed by atoms with Gasteiger partial charge >= 0.3 is 0 Å². The van der Waals surface area contributed by atoms with Crippen LogP contribution in [0.3, 0.4) is 0 Å². The fraction of sp³-hybridized carbons (Fsp3) is 0.385. The maximum Gasteiger partial charge on any atom is 0.241 e. The molecule has 6 nitrogen and oxygen atoms in total. The number of nitrogens with two attached hydrogens (primary N) is 1. The molecule has 0 unspecified atom stereocenters. The van der Waals surface area contributed by atoms with E-state index in [4.69, 9.17) is 5.73 Å². The van der Waals surface area contributed by atoms with Crippen molar-refractivity contribution in [2.45, 2.75) is 11.8 Å². The molecule has 0 aliphatic rings. The predicted octanol–water partition coefficient (Wildman–Crippen LogP) is -0.372. The summed E-state index contributed by atoms with van der Waals surface area (Å²) in [5.74, 6) is 5.07. The first-order valence-corrected chi connectivity index (χ1v) is 9.67. The van der Waals surface area contributed by atoms with E-state index in [1.54, 1.807) is 12.1 Å². The monoisotopic (exact) mass is 330 g/mol. The average Bonchev–Trinajstić information content (AvgIpc) is 2.34. The van der Waals surface area contributed by atoms with E-state index in [-0.39, 0.29) is 23.7 Å². The van der Waals surface area contributed by atoms with Gasteiger partial charge in [-0.2, -0.15) is 0 Å². The Kier molecular flexibility index (Phi) is 5.92. The average molecular weight is 330 g/mol. The molecule has 116 valence electrons. The van der Waals surface area contributed by atoms with Crippen molar-refractivity contribution in [3.63, 3.8) is 0 Å². The first kappa shape index (κ1) is 17.7. The molecule has 0 aromatic heterocycles. The molecule has 0 spiro atoms. The maximum absolute atomic E-state index is 12.2. The van der Waals surface area contributed by atoms with Gasteiger partial charge in [-0.15, -0.1) is 0 Å². The number of rotatable bonds is 5. The standard InChI is InChI=1S/C13H18N2O4S2/c1-11-5-6-13(12(10-11)4-3-7-14)21(18,19)15-8-9-20(2,16)17/h5-6,10,15H,7-9,14H2,1-2H3. The highest BCUT2D eigenvalue weighted by molar-refractivity contribution is 7.91. The summed E-state index contributed by atoms with van der Waals surface area (Å²) in [6, 6.07) is 4.74. The molecule has 21 heavy (non-hydrogen) atoms. The molecule has 0 fully saturated rings. The highest BCUT2D eigenvalue weighted by Crippen LogP contribution is 2.16. The summed E-state index contributed by atoms with van der Waals surface area (Å²) < 4.78 is 48.7. The molecule has 0 aliphatic carbocycles. The van der Waals surface area contributed by atoms with Crippen LogP contribution in [0.1, 0.15) is 11.1 Å². The fourth-order valence-electron chi connectivity index (χ4n) is 1.56. The first-order chi connectivity index (χ1) is 9.65. The van der Waals surface area contributed by atoms with E-state index in [1.807, 2.05) is 6.92 Å². The van der Waals surface area contributed by atoms with E-state index in [1.165, 1.54) is 6.07 Å². The predicted molar refractivity (Wildman–Crippen MR) is 82.0 cm³/mol. The van der Waals surface area contributed by atoms with Crippen molar-refractivity contribution < 1.29 is 16.8 Å². The molecule has 8 heteroatoms. The highest BCUT2D eigenvalue weighted by atomic mass is 32.2. The van der Waals surface area contributed by atoms with Gasteiger partial charge in [-0.1, -0.05) is 17.9 Å². The van der Waals surface area contributed by atoms with E-state index in [0.717, 1.165) is 11.8 Å². The van der Waals surface area contributed by atoms with Gasteiger partial charge < -0.3 is 5.73 Å². The van der Waals surface area contributed by atoms with Crippen LogP contribution in [0.15, 0.2) is 23.1 Å². The Bertz CT molecular complexity index is 772. The second-order valence-corrected chi connectivity index (χ2v) is 8.53. The molecule has 0 radical (unpaired) electrons. The normalized spacial score (nSPS) is 11.8. The molecule has 0 saturated carbocycles. The molecule has 0 bridgehead atoms. The molecular weight excluding hydrogens is 312 g/mol. The van der Waals surface area contributed by atoms with Crippen molar-refractivity contribution in [1.29, 1.82) is 0 Å². The summed E-state index contributed by atoms with van der Waals surface area (Å²) in [6.07, 6.45) is 1.05. The Balaban J connectivity index is 3.08. The Labute approximate surface area is 125 Å². The van der Waals surface area contributed by atoms with Gasteiger partial charge in [0.1, 0.15) is 9.84 Å². The van der Waals surface area contributed by atoms with Gasteiger partial charge in [-0.25, -0.2) is 21.6 Å². The van der Waals surface area contributed by atoms with Gasteiger partial charge in [0.15, 0.2) is 0 Å². The van der Waals surface area contributed by atoms with Crippen LogP contribution in [0, 0.1) is 18.8 Å². The second kappa shape index (κ2) is 7.04.